The number of benzene rings is 2. The molecule has 0 heterocycles. The van der Waals surface area contributed by atoms with Crippen molar-refractivity contribution in [2.75, 3.05) is 5.32 Å². The fourth-order valence-electron chi connectivity index (χ4n) is 2.79. The van der Waals surface area contributed by atoms with Crippen LogP contribution < -0.4 is 5.32 Å². The van der Waals surface area contributed by atoms with Crippen molar-refractivity contribution in [2.45, 2.75) is 18.9 Å². The molecule has 0 spiro atoms. The molecule has 0 radical (unpaired) electrons. The number of nitro benzene ring substituents is 1. The molecule has 1 unspecified atom stereocenters. The average Bonchev–Trinajstić information content (AvgIpc) is 2.90. The summed E-state index contributed by atoms with van der Waals surface area (Å²) in [6, 6.07) is 10.6. The van der Waals surface area contributed by atoms with E-state index in [0.717, 1.165) is 24.0 Å². The number of nitrogens with one attached hydrogen (secondary N) is 1. The smallest absolute Gasteiger partial charge is 0.293 e. The minimum absolute atomic E-state index is 0.149. The largest absolute Gasteiger partial charge is 0.373 e. The van der Waals surface area contributed by atoms with Gasteiger partial charge < -0.3 is 5.32 Å². The summed E-state index contributed by atoms with van der Waals surface area (Å²) in [5.41, 5.74) is 2.30. The van der Waals surface area contributed by atoms with Crippen molar-refractivity contribution in [1.29, 1.82) is 5.26 Å². The molecule has 1 aliphatic rings. The Morgan fingerprint density at radius 2 is 2.14 bits per heavy atom. The number of hydrogen-bond donors (Lipinski definition) is 1. The van der Waals surface area contributed by atoms with Gasteiger partial charge in [-0.2, -0.15) is 5.26 Å². The number of rotatable bonds is 3. The molecular formula is C16H12FN3O2. The van der Waals surface area contributed by atoms with Crippen LogP contribution in [0.3, 0.4) is 0 Å². The Bertz CT molecular complexity index is 798. The maximum absolute atomic E-state index is 13.4. The van der Waals surface area contributed by atoms with E-state index in [1.54, 1.807) is 6.07 Å². The van der Waals surface area contributed by atoms with E-state index < -0.39 is 4.92 Å². The number of aryl methyl sites for hydroxylation is 1. The van der Waals surface area contributed by atoms with Gasteiger partial charge in [-0.05, 0) is 48.2 Å². The van der Waals surface area contributed by atoms with Crippen LogP contribution in [0.25, 0.3) is 0 Å². The summed E-state index contributed by atoms with van der Waals surface area (Å²) in [7, 11) is 0. The van der Waals surface area contributed by atoms with Gasteiger partial charge in [0.2, 0.25) is 0 Å². The summed E-state index contributed by atoms with van der Waals surface area (Å²) >= 11 is 0. The highest BCUT2D eigenvalue weighted by Gasteiger charge is 2.25. The molecule has 22 heavy (non-hydrogen) atoms. The van der Waals surface area contributed by atoms with Crippen LogP contribution in [-0.2, 0) is 6.42 Å². The SMILES string of the molecule is N#Cc1ccc(NC2CCc3ccc(F)cc32)c([N+](=O)[O-])c1. The van der Waals surface area contributed by atoms with Gasteiger partial charge in [0.05, 0.1) is 22.6 Å². The molecule has 2 aromatic carbocycles. The first kappa shape index (κ1) is 14.0. The lowest BCUT2D eigenvalue weighted by Gasteiger charge is -2.15. The molecular weight excluding hydrogens is 285 g/mol. The molecule has 1 atom stereocenters. The number of fused-ring (bicyclic) bond motifs is 1. The average molecular weight is 297 g/mol. The molecule has 0 aliphatic heterocycles. The van der Waals surface area contributed by atoms with Crippen LogP contribution in [0.5, 0.6) is 0 Å². The first-order valence-electron chi connectivity index (χ1n) is 6.82. The van der Waals surface area contributed by atoms with Crippen LogP contribution in [0.2, 0.25) is 0 Å². The predicted molar refractivity (Wildman–Crippen MR) is 78.9 cm³/mol. The zero-order valence-corrected chi connectivity index (χ0v) is 11.5. The third kappa shape index (κ3) is 2.49. The van der Waals surface area contributed by atoms with Crippen molar-refractivity contribution >= 4 is 11.4 Å². The summed E-state index contributed by atoms with van der Waals surface area (Å²) in [5.74, 6) is -0.318. The van der Waals surface area contributed by atoms with Gasteiger partial charge in [0.25, 0.3) is 5.69 Å². The Morgan fingerprint density at radius 3 is 2.86 bits per heavy atom. The predicted octanol–water partition coefficient (Wildman–Crippen LogP) is 3.70. The monoisotopic (exact) mass is 297 g/mol. The van der Waals surface area contributed by atoms with Crippen molar-refractivity contribution in [3.63, 3.8) is 0 Å². The molecule has 5 nitrogen and oxygen atoms in total. The number of hydrogen-bond acceptors (Lipinski definition) is 4. The highest BCUT2D eigenvalue weighted by atomic mass is 19.1. The van der Waals surface area contributed by atoms with Gasteiger partial charge in [-0.25, -0.2) is 4.39 Å². The maximum Gasteiger partial charge on any atom is 0.293 e. The zero-order chi connectivity index (χ0) is 15.7. The first-order chi connectivity index (χ1) is 10.6. The standard InChI is InChI=1S/C16H12FN3O2/c17-12-4-2-11-3-6-14(13(11)8-12)19-15-5-1-10(9-18)7-16(15)20(21)22/h1-2,4-5,7-8,14,19H,3,6H2. The normalized spacial score (nSPS) is 15.9. The van der Waals surface area contributed by atoms with Gasteiger partial charge >= 0.3 is 0 Å². The number of halogens is 1. The summed E-state index contributed by atoms with van der Waals surface area (Å²) in [4.78, 5) is 10.6. The second-order valence-electron chi connectivity index (χ2n) is 5.18. The second kappa shape index (κ2) is 5.45. The van der Waals surface area contributed by atoms with Gasteiger partial charge in [0.1, 0.15) is 11.5 Å². The highest BCUT2D eigenvalue weighted by molar-refractivity contribution is 5.65. The molecule has 2 aromatic rings. The molecule has 0 amide bonds. The quantitative estimate of drug-likeness (QED) is 0.692. The van der Waals surface area contributed by atoms with Crippen molar-refractivity contribution in [2.24, 2.45) is 0 Å². The minimum Gasteiger partial charge on any atom is -0.373 e. The van der Waals surface area contributed by atoms with Gasteiger partial charge in [-0.3, -0.25) is 10.1 Å². The lowest BCUT2D eigenvalue weighted by molar-refractivity contribution is -0.384. The molecule has 110 valence electrons. The highest BCUT2D eigenvalue weighted by Crippen LogP contribution is 2.36. The first-order valence-corrected chi connectivity index (χ1v) is 6.82. The van der Waals surface area contributed by atoms with Gasteiger partial charge in [-0.1, -0.05) is 6.07 Å². The molecule has 3 rings (SSSR count). The molecule has 0 saturated heterocycles. The Kier molecular flexibility index (Phi) is 3.47. The topological polar surface area (TPSA) is 79.0 Å². The molecule has 0 bridgehead atoms. The number of anilines is 1. The van der Waals surface area contributed by atoms with Crippen LogP contribution >= 0.6 is 0 Å². The van der Waals surface area contributed by atoms with Crippen LogP contribution in [-0.4, -0.2) is 4.92 Å². The Balaban J connectivity index is 1.94. The lowest BCUT2D eigenvalue weighted by atomic mass is 10.1. The maximum atomic E-state index is 13.4. The van der Waals surface area contributed by atoms with Crippen LogP contribution in [0.1, 0.15) is 29.2 Å². The Hall–Kier alpha value is -2.94. The second-order valence-corrected chi connectivity index (χ2v) is 5.18. The molecule has 0 saturated carbocycles. The number of nitriles is 1. The fourth-order valence-corrected chi connectivity index (χ4v) is 2.79. The van der Waals surface area contributed by atoms with E-state index in [2.05, 4.69) is 5.32 Å². The van der Waals surface area contributed by atoms with Gasteiger partial charge in [0.15, 0.2) is 0 Å². The van der Waals surface area contributed by atoms with E-state index in [-0.39, 0.29) is 23.1 Å². The Labute approximate surface area is 126 Å². The number of nitro groups is 1. The van der Waals surface area contributed by atoms with Crippen molar-refractivity contribution in [3.8, 4) is 6.07 Å². The third-order valence-corrected chi connectivity index (χ3v) is 3.84. The lowest BCUT2D eigenvalue weighted by Crippen LogP contribution is -2.09. The summed E-state index contributed by atoms with van der Waals surface area (Å²) in [6.07, 6.45) is 1.55. The van der Waals surface area contributed by atoms with Crippen molar-refractivity contribution in [1.82, 2.24) is 0 Å². The van der Waals surface area contributed by atoms with Crippen LogP contribution in [0, 0.1) is 27.3 Å². The van der Waals surface area contributed by atoms with Gasteiger partial charge in [-0.15, -0.1) is 0 Å². The van der Waals surface area contributed by atoms with E-state index in [4.69, 9.17) is 5.26 Å². The third-order valence-electron chi connectivity index (χ3n) is 3.84. The van der Waals surface area contributed by atoms with E-state index in [0.29, 0.717) is 5.69 Å². The molecule has 0 aromatic heterocycles. The number of nitrogens with zero attached hydrogens (tertiary/aromatic N) is 2. The van der Waals surface area contributed by atoms with Crippen molar-refractivity contribution in [3.05, 3.63) is 69.0 Å². The van der Waals surface area contributed by atoms with Gasteiger partial charge in [0, 0.05) is 6.07 Å². The molecule has 0 fully saturated rings. The van der Waals surface area contributed by atoms with E-state index in [1.165, 1.54) is 30.3 Å². The molecule has 1 aliphatic carbocycles. The summed E-state index contributed by atoms with van der Waals surface area (Å²) < 4.78 is 13.4. The fraction of sp³-hybridized carbons (Fsp3) is 0.188. The van der Waals surface area contributed by atoms with Crippen molar-refractivity contribution < 1.29 is 9.31 Å². The van der Waals surface area contributed by atoms with Crippen LogP contribution in [0.4, 0.5) is 15.8 Å². The summed E-state index contributed by atoms with van der Waals surface area (Å²) in [5, 5.41) is 23.1. The van der Waals surface area contributed by atoms with Crippen LogP contribution in [0.15, 0.2) is 36.4 Å². The minimum atomic E-state index is -0.523. The summed E-state index contributed by atoms with van der Waals surface area (Å²) in [6.45, 7) is 0. The zero-order valence-electron chi connectivity index (χ0n) is 11.5. The van der Waals surface area contributed by atoms with E-state index in [9.17, 15) is 14.5 Å². The molecule has 1 N–H and O–H groups in total. The Morgan fingerprint density at radius 1 is 1.32 bits per heavy atom. The van der Waals surface area contributed by atoms with E-state index in [1.807, 2.05) is 6.07 Å². The van der Waals surface area contributed by atoms with E-state index >= 15 is 0 Å². The molecule has 6 heteroatoms.